The fourth-order valence-corrected chi connectivity index (χ4v) is 6.33. The molecule has 1 aliphatic rings. The predicted octanol–water partition coefficient (Wildman–Crippen LogP) is 6.03. The van der Waals surface area contributed by atoms with Crippen molar-refractivity contribution in [3.05, 3.63) is 69.5 Å². The summed E-state index contributed by atoms with van der Waals surface area (Å²) in [5.74, 6) is 5.30. The zero-order valence-electron chi connectivity index (χ0n) is 20.3. The Balaban J connectivity index is 1.26. The van der Waals surface area contributed by atoms with E-state index < -0.39 is 23.6 Å². The summed E-state index contributed by atoms with van der Waals surface area (Å²) in [7, 11) is 0. The van der Waals surface area contributed by atoms with Crippen LogP contribution in [0.15, 0.2) is 47.0 Å². The lowest BCUT2D eigenvalue weighted by molar-refractivity contribution is -0.140. The number of carboxylic acids is 1. The van der Waals surface area contributed by atoms with Crippen molar-refractivity contribution in [2.45, 2.75) is 38.2 Å². The molecule has 38 heavy (non-hydrogen) atoms. The molecule has 0 bridgehead atoms. The summed E-state index contributed by atoms with van der Waals surface area (Å²) in [6, 6.07) is 11.2. The number of carbonyl (C=O) groups is 2. The lowest BCUT2D eigenvalue weighted by Gasteiger charge is -2.16. The van der Waals surface area contributed by atoms with Gasteiger partial charge < -0.3 is 14.3 Å². The van der Waals surface area contributed by atoms with E-state index in [4.69, 9.17) is 9.15 Å². The highest BCUT2D eigenvalue weighted by molar-refractivity contribution is 7.26. The van der Waals surface area contributed by atoms with E-state index in [1.165, 1.54) is 22.7 Å². The van der Waals surface area contributed by atoms with Crippen LogP contribution < -0.4 is 5.32 Å². The van der Waals surface area contributed by atoms with Crippen molar-refractivity contribution in [1.82, 2.24) is 15.0 Å². The molecule has 11 heteroatoms. The molecule has 2 N–H and O–H groups in total. The summed E-state index contributed by atoms with van der Waals surface area (Å²) >= 11 is 2.57. The van der Waals surface area contributed by atoms with Crippen LogP contribution in [0.2, 0.25) is 0 Å². The van der Waals surface area contributed by atoms with Crippen molar-refractivity contribution < 1.29 is 23.8 Å². The SMILES string of the molecule is Cc1ccccc1C(C)OC(=O)Nc1c(C#Cc2nc3sc(C4(C(=O)O)CC4)nc3s2)oc2ncccc12. The number of ether oxygens (including phenoxy) is 1. The highest BCUT2D eigenvalue weighted by atomic mass is 32.1. The first-order chi connectivity index (χ1) is 18.3. The van der Waals surface area contributed by atoms with Gasteiger partial charge in [0, 0.05) is 6.20 Å². The number of hydrogen-bond acceptors (Lipinski definition) is 9. The van der Waals surface area contributed by atoms with Gasteiger partial charge in [0.15, 0.2) is 14.7 Å². The molecule has 5 aromatic rings. The molecule has 4 aromatic heterocycles. The van der Waals surface area contributed by atoms with Crippen LogP contribution in [0.4, 0.5) is 10.5 Å². The van der Waals surface area contributed by atoms with E-state index in [-0.39, 0.29) is 5.76 Å². The number of furan rings is 1. The molecule has 190 valence electrons. The molecule has 1 aliphatic carbocycles. The minimum Gasteiger partial charge on any atom is -0.481 e. The van der Waals surface area contributed by atoms with Gasteiger partial charge in [0.25, 0.3) is 0 Å². The van der Waals surface area contributed by atoms with Crippen LogP contribution in [0, 0.1) is 18.8 Å². The second kappa shape index (κ2) is 9.24. The van der Waals surface area contributed by atoms with Crippen molar-refractivity contribution in [1.29, 1.82) is 0 Å². The van der Waals surface area contributed by atoms with Crippen LogP contribution in [-0.2, 0) is 14.9 Å². The van der Waals surface area contributed by atoms with Gasteiger partial charge in [-0.2, -0.15) is 0 Å². The second-order valence-corrected chi connectivity index (χ2v) is 10.9. The summed E-state index contributed by atoms with van der Waals surface area (Å²) in [5.41, 5.74) is 1.77. The number of carbonyl (C=O) groups excluding carboxylic acids is 1. The van der Waals surface area contributed by atoms with Crippen molar-refractivity contribution in [3.63, 3.8) is 0 Å². The summed E-state index contributed by atoms with van der Waals surface area (Å²) < 4.78 is 11.5. The van der Waals surface area contributed by atoms with E-state index in [9.17, 15) is 14.7 Å². The number of pyridine rings is 1. The zero-order chi connectivity index (χ0) is 26.4. The number of aryl methyl sites for hydroxylation is 1. The minimum absolute atomic E-state index is 0.217. The van der Waals surface area contributed by atoms with E-state index in [1.54, 1.807) is 18.3 Å². The molecule has 1 saturated carbocycles. The van der Waals surface area contributed by atoms with Gasteiger partial charge in [-0.3, -0.25) is 10.1 Å². The first-order valence-electron chi connectivity index (χ1n) is 11.8. The lowest BCUT2D eigenvalue weighted by Crippen LogP contribution is -2.18. The Bertz CT molecular complexity index is 1760. The van der Waals surface area contributed by atoms with Gasteiger partial charge in [0.2, 0.25) is 11.5 Å². The van der Waals surface area contributed by atoms with E-state index in [1.807, 2.05) is 38.1 Å². The number of fused-ring (bicyclic) bond motifs is 2. The third-order valence-electron chi connectivity index (χ3n) is 6.43. The number of benzene rings is 1. The maximum absolute atomic E-state index is 12.8. The first kappa shape index (κ1) is 24.1. The monoisotopic (exact) mass is 544 g/mol. The normalized spacial score (nSPS) is 14.6. The molecule has 1 unspecified atom stereocenters. The largest absolute Gasteiger partial charge is 0.481 e. The van der Waals surface area contributed by atoms with Crippen LogP contribution in [0.25, 0.3) is 20.8 Å². The second-order valence-electron chi connectivity index (χ2n) is 8.98. The van der Waals surface area contributed by atoms with Crippen molar-refractivity contribution >= 4 is 61.2 Å². The quantitative estimate of drug-likeness (QED) is 0.257. The Hall–Kier alpha value is -4.27. The van der Waals surface area contributed by atoms with Gasteiger partial charge >= 0.3 is 12.1 Å². The van der Waals surface area contributed by atoms with Crippen LogP contribution in [0.3, 0.4) is 0 Å². The molecule has 1 aromatic carbocycles. The van der Waals surface area contributed by atoms with Gasteiger partial charge in [-0.1, -0.05) is 46.9 Å². The van der Waals surface area contributed by atoms with Crippen LogP contribution >= 0.6 is 22.7 Å². The van der Waals surface area contributed by atoms with Crippen LogP contribution in [-0.4, -0.2) is 32.1 Å². The molecule has 6 rings (SSSR count). The fraction of sp³-hybridized carbons (Fsp3) is 0.222. The Morgan fingerprint density at radius 1 is 1.13 bits per heavy atom. The third-order valence-corrected chi connectivity index (χ3v) is 8.58. The Labute approximate surface area is 224 Å². The molecule has 0 saturated heterocycles. The standard InChI is InChI=1S/C27H20N4O5S2/c1-14-6-3-4-7-16(14)15(2)35-26(34)30-20-17-8-5-13-28-21(17)36-18(20)9-10-19-29-22-23(37-19)31-24(38-22)27(11-12-27)25(32)33/h3-8,13,15H,11-12H2,1-2H3,(H,30,34)(H,32,33). The van der Waals surface area contributed by atoms with E-state index >= 15 is 0 Å². The highest BCUT2D eigenvalue weighted by Crippen LogP contribution is 2.50. The lowest BCUT2D eigenvalue weighted by atomic mass is 10.1. The van der Waals surface area contributed by atoms with E-state index in [0.29, 0.717) is 49.3 Å². The number of aliphatic carboxylic acids is 1. The highest BCUT2D eigenvalue weighted by Gasteiger charge is 2.54. The molecular formula is C27H20N4O5S2. The Morgan fingerprint density at radius 2 is 1.92 bits per heavy atom. The number of anilines is 1. The Kier molecular flexibility index (Phi) is 5.86. The average molecular weight is 545 g/mol. The van der Waals surface area contributed by atoms with Crippen molar-refractivity contribution in [2.24, 2.45) is 0 Å². The number of rotatable bonds is 5. The van der Waals surface area contributed by atoms with Crippen molar-refractivity contribution in [3.8, 4) is 11.8 Å². The average Bonchev–Trinajstić information content (AvgIpc) is 3.32. The van der Waals surface area contributed by atoms with Gasteiger partial charge in [0.1, 0.15) is 22.2 Å². The molecule has 9 nitrogen and oxygen atoms in total. The molecule has 1 atom stereocenters. The number of aromatic nitrogens is 3. The summed E-state index contributed by atoms with van der Waals surface area (Å²) in [4.78, 5) is 39.0. The number of amides is 1. The predicted molar refractivity (Wildman–Crippen MR) is 144 cm³/mol. The molecule has 0 radical (unpaired) electrons. The fourth-order valence-electron chi connectivity index (χ4n) is 4.20. The summed E-state index contributed by atoms with van der Waals surface area (Å²) in [5, 5.41) is 14.0. The number of nitrogens with zero attached hydrogens (tertiary/aromatic N) is 3. The van der Waals surface area contributed by atoms with Gasteiger partial charge in [-0.15, -0.1) is 0 Å². The Morgan fingerprint density at radius 3 is 2.66 bits per heavy atom. The van der Waals surface area contributed by atoms with E-state index in [2.05, 4.69) is 32.1 Å². The topological polar surface area (TPSA) is 127 Å². The maximum Gasteiger partial charge on any atom is 0.412 e. The summed E-state index contributed by atoms with van der Waals surface area (Å²) in [6.45, 7) is 3.78. The minimum atomic E-state index is -0.857. The molecule has 4 heterocycles. The third kappa shape index (κ3) is 4.27. The van der Waals surface area contributed by atoms with Crippen molar-refractivity contribution in [2.75, 3.05) is 5.32 Å². The smallest absolute Gasteiger partial charge is 0.412 e. The molecular weight excluding hydrogens is 524 g/mol. The molecule has 0 spiro atoms. The van der Waals surface area contributed by atoms with Gasteiger partial charge in [-0.25, -0.2) is 19.7 Å². The number of thiazole rings is 2. The van der Waals surface area contributed by atoms with Gasteiger partial charge in [-0.05, 0) is 61.8 Å². The number of hydrogen-bond donors (Lipinski definition) is 2. The van der Waals surface area contributed by atoms with Crippen LogP contribution in [0.1, 0.15) is 52.8 Å². The van der Waals surface area contributed by atoms with Gasteiger partial charge in [0.05, 0.1) is 5.39 Å². The number of carboxylic acid groups (broad SMARTS) is 1. The molecule has 0 aliphatic heterocycles. The first-order valence-corrected chi connectivity index (χ1v) is 13.4. The van der Waals surface area contributed by atoms with Crippen LogP contribution in [0.5, 0.6) is 0 Å². The summed E-state index contributed by atoms with van der Waals surface area (Å²) in [6.07, 6.45) is 1.68. The maximum atomic E-state index is 12.8. The zero-order valence-corrected chi connectivity index (χ0v) is 21.9. The molecule has 1 amide bonds. The molecule has 1 fully saturated rings. The van der Waals surface area contributed by atoms with E-state index in [0.717, 1.165) is 11.1 Å². The number of nitrogens with one attached hydrogen (secondary N) is 1.